The number of amides is 2. The summed E-state index contributed by atoms with van der Waals surface area (Å²) >= 11 is 0. The predicted molar refractivity (Wildman–Crippen MR) is 80.2 cm³/mol. The van der Waals surface area contributed by atoms with E-state index >= 15 is 0 Å². The number of urea groups is 1. The number of hydrogen-bond donors (Lipinski definition) is 2. The summed E-state index contributed by atoms with van der Waals surface area (Å²) in [6.07, 6.45) is 4.86. The quantitative estimate of drug-likeness (QED) is 0.804. The maximum Gasteiger partial charge on any atom is 0.326 e. The van der Waals surface area contributed by atoms with E-state index in [0.29, 0.717) is 18.9 Å². The first-order valence-corrected chi connectivity index (χ1v) is 8.02. The van der Waals surface area contributed by atoms with Gasteiger partial charge in [0.1, 0.15) is 6.04 Å². The average Bonchev–Trinajstić information content (AvgIpc) is 2.86. The zero-order valence-electron chi connectivity index (χ0n) is 13.0. The molecule has 1 heterocycles. The highest BCUT2D eigenvalue weighted by Crippen LogP contribution is 2.39. The topological polar surface area (TPSA) is 72.9 Å². The normalized spacial score (nSPS) is 28.5. The Balaban J connectivity index is 1.96. The molecule has 0 spiro atoms. The molecule has 6 nitrogen and oxygen atoms in total. The van der Waals surface area contributed by atoms with Crippen molar-refractivity contribution in [3.8, 4) is 0 Å². The van der Waals surface area contributed by atoms with Crippen molar-refractivity contribution < 1.29 is 14.7 Å². The monoisotopic (exact) mass is 297 g/mol. The molecule has 3 unspecified atom stereocenters. The fourth-order valence-electron chi connectivity index (χ4n) is 3.58. The van der Waals surface area contributed by atoms with Gasteiger partial charge in [-0.05, 0) is 38.8 Å². The molecule has 1 aliphatic carbocycles. The Morgan fingerprint density at radius 2 is 2.05 bits per heavy atom. The zero-order chi connectivity index (χ0) is 15.4. The van der Waals surface area contributed by atoms with Gasteiger partial charge in [-0.3, -0.25) is 0 Å². The standard InChI is InChI=1S/C15H27N3O3/c1-3-17(2)9-8-16-15(21)18-12-7-5-4-6-11(12)10-13(18)14(19)20/h11-13H,3-10H2,1-2H3,(H,16,21)(H,19,20). The summed E-state index contributed by atoms with van der Waals surface area (Å²) in [5.74, 6) is -0.505. The highest BCUT2D eigenvalue weighted by molar-refractivity contribution is 5.83. The number of carbonyl (C=O) groups excluding carboxylic acids is 1. The molecule has 0 radical (unpaired) electrons. The number of carbonyl (C=O) groups is 2. The van der Waals surface area contributed by atoms with E-state index in [1.807, 2.05) is 7.05 Å². The van der Waals surface area contributed by atoms with E-state index in [2.05, 4.69) is 17.1 Å². The van der Waals surface area contributed by atoms with Crippen LogP contribution < -0.4 is 5.32 Å². The summed E-state index contributed by atoms with van der Waals surface area (Å²) in [5.41, 5.74) is 0. The van der Waals surface area contributed by atoms with Crippen LogP contribution in [0.15, 0.2) is 0 Å². The van der Waals surface area contributed by atoms with E-state index in [1.54, 1.807) is 4.90 Å². The van der Waals surface area contributed by atoms with Gasteiger partial charge in [0.2, 0.25) is 0 Å². The van der Waals surface area contributed by atoms with Gasteiger partial charge in [0.25, 0.3) is 0 Å². The lowest BCUT2D eigenvalue weighted by molar-refractivity contribution is -0.141. The van der Waals surface area contributed by atoms with Crippen molar-refractivity contribution in [2.75, 3.05) is 26.7 Å². The minimum atomic E-state index is -0.870. The van der Waals surface area contributed by atoms with Crippen LogP contribution in [0, 0.1) is 5.92 Å². The van der Waals surface area contributed by atoms with Crippen LogP contribution in [0.3, 0.4) is 0 Å². The molecular weight excluding hydrogens is 270 g/mol. The fourth-order valence-corrected chi connectivity index (χ4v) is 3.58. The molecule has 1 saturated heterocycles. The van der Waals surface area contributed by atoms with Crippen LogP contribution in [0.2, 0.25) is 0 Å². The predicted octanol–water partition coefficient (Wildman–Crippen LogP) is 1.37. The van der Waals surface area contributed by atoms with Crippen LogP contribution in [-0.4, -0.2) is 65.7 Å². The van der Waals surface area contributed by atoms with Gasteiger partial charge in [-0.25, -0.2) is 9.59 Å². The highest BCUT2D eigenvalue weighted by Gasteiger charge is 2.47. The summed E-state index contributed by atoms with van der Waals surface area (Å²) < 4.78 is 0. The molecule has 1 aliphatic heterocycles. The lowest BCUT2D eigenvalue weighted by atomic mass is 9.85. The molecule has 2 rings (SSSR count). The Morgan fingerprint density at radius 1 is 1.33 bits per heavy atom. The van der Waals surface area contributed by atoms with E-state index in [0.717, 1.165) is 38.8 Å². The van der Waals surface area contributed by atoms with Gasteiger partial charge in [0.05, 0.1) is 0 Å². The highest BCUT2D eigenvalue weighted by atomic mass is 16.4. The summed E-state index contributed by atoms with van der Waals surface area (Å²) in [6.45, 7) is 4.34. The van der Waals surface area contributed by atoms with Gasteiger partial charge >= 0.3 is 12.0 Å². The van der Waals surface area contributed by atoms with Crippen molar-refractivity contribution in [3.05, 3.63) is 0 Å². The molecule has 6 heteroatoms. The molecule has 21 heavy (non-hydrogen) atoms. The Hall–Kier alpha value is -1.30. The number of hydrogen-bond acceptors (Lipinski definition) is 3. The second-order valence-corrected chi connectivity index (χ2v) is 6.24. The Bertz CT molecular complexity index is 388. The summed E-state index contributed by atoms with van der Waals surface area (Å²) in [5, 5.41) is 12.3. The fraction of sp³-hybridized carbons (Fsp3) is 0.867. The van der Waals surface area contributed by atoms with Crippen molar-refractivity contribution in [1.29, 1.82) is 0 Å². The van der Waals surface area contributed by atoms with Crippen LogP contribution >= 0.6 is 0 Å². The summed E-state index contributed by atoms with van der Waals surface area (Å²) in [6, 6.07) is -0.743. The van der Waals surface area contributed by atoms with Gasteiger partial charge in [0.15, 0.2) is 0 Å². The van der Waals surface area contributed by atoms with E-state index in [-0.39, 0.29) is 12.1 Å². The van der Waals surface area contributed by atoms with E-state index in [4.69, 9.17) is 0 Å². The Morgan fingerprint density at radius 3 is 2.71 bits per heavy atom. The minimum Gasteiger partial charge on any atom is -0.480 e. The zero-order valence-corrected chi connectivity index (χ0v) is 13.0. The lowest BCUT2D eigenvalue weighted by Gasteiger charge is -2.33. The number of nitrogens with one attached hydrogen (secondary N) is 1. The van der Waals surface area contributed by atoms with Crippen LogP contribution in [0.5, 0.6) is 0 Å². The van der Waals surface area contributed by atoms with Crippen LogP contribution in [0.4, 0.5) is 4.79 Å². The third-order valence-corrected chi connectivity index (χ3v) is 4.92. The number of likely N-dealkylation sites (tertiary alicyclic amines) is 1. The Labute approximate surface area is 126 Å². The third kappa shape index (κ3) is 3.67. The van der Waals surface area contributed by atoms with Crippen molar-refractivity contribution in [2.24, 2.45) is 5.92 Å². The lowest BCUT2D eigenvalue weighted by Crippen LogP contribution is -2.51. The second-order valence-electron chi connectivity index (χ2n) is 6.24. The van der Waals surface area contributed by atoms with Crippen molar-refractivity contribution in [3.63, 3.8) is 0 Å². The summed E-state index contributed by atoms with van der Waals surface area (Å²) in [7, 11) is 2.00. The smallest absolute Gasteiger partial charge is 0.326 e. The van der Waals surface area contributed by atoms with Gasteiger partial charge in [-0.1, -0.05) is 19.8 Å². The van der Waals surface area contributed by atoms with Gasteiger partial charge < -0.3 is 20.2 Å². The van der Waals surface area contributed by atoms with Gasteiger partial charge in [-0.2, -0.15) is 0 Å². The molecule has 120 valence electrons. The first-order chi connectivity index (χ1) is 10.0. The van der Waals surface area contributed by atoms with E-state index < -0.39 is 12.0 Å². The van der Waals surface area contributed by atoms with Crippen molar-refractivity contribution >= 4 is 12.0 Å². The molecule has 1 saturated carbocycles. The number of carboxylic acid groups (broad SMARTS) is 1. The molecule has 0 aromatic heterocycles. The van der Waals surface area contributed by atoms with Crippen molar-refractivity contribution in [1.82, 2.24) is 15.1 Å². The maximum absolute atomic E-state index is 12.4. The first-order valence-electron chi connectivity index (χ1n) is 8.02. The second kappa shape index (κ2) is 7.11. The first kappa shape index (κ1) is 16.1. The molecule has 2 N–H and O–H groups in total. The maximum atomic E-state index is 12.4. The molecule has 3 atom stereocenters. The molecule has 2 fully saturated rings. The number of carboxylic acids is 1. The Kier molecular flexibility index (Phi) is 5.45. The van der Waals surface area contributed by atoms with Crippen LogP contribution in [-0.2, 0) is 4.79 Å². The van der Waals surface area contributed by atoms with Crippen LogP contribution in [0.25, 0.3) is 0 Å². The minimum absolute atomic E-state index is 0.115. The number of rotatable bonds is 5. The van der Waals surface area contributed by atoms with E-state index in [9.17, 15) is 14.7 Å². The number of likely N-dealkylation sites (N-methyl/N-ethyl adjacent to an activating group) is 1. The SMILES string of the molecule is CCN(C)CCNC(=O)N1C(C(=O)O)CC2CCCCC21. The van der Waals surface area contributed by atoms with Crippen LogP contribution in [0.1, 0.15) is 39.0 Å². The summed E-state index contributed by atoms with van der Waals surface area (Å²) in [4.78, 5) is 27.6. The van der Waals surface area contributed by atoms with E-state index in [1.165, 1.54) is 0 Å². The number of nitrogens with zero attached hydrogens (tertiary/aromatic N) is 2. The van der Waals surface area contributed by atoms with Gasteiger partial charge in [-0.15, -0.1) is 0 Å². The molecule has 0 aromatic carbocycles. The molecular formula is C15H27N3O3. The molecule has 2 aliphatic rings. The molecule has 0 bridgehead atoms. The largest absolute Gasteiger partial charge is 0.480 e. The molecule has 0 aromatic rings. The molecule has 2 amide bonds. The van der Waals surface area contributed by atoms with Gasteiger partial charge in [0, 0.05) is 19.1 Å². The number of fused-ring (bicyclic) bond motifs is 1. The third-order valence-electron chi connectivity index (χ3n) is 4.92. The van der Waals surface area contributed by atoms with Crippen molar-refractivity contribution in [2.45, 2.75) is 51.1 Å². The number of aliphatic carboxylic acids is 1. The average molecular weight is 297 g/mol.